The van der Waals surface area contributed by atoms with Crippen LogP contribution in [0.5, 0.6) is 5.75 Å². The van der Waals surface area contributed by atoms with Gasteiger partial charge in [-0.1, -0.05) is 23.7 Å². The Kier molecular flexibility index (Phi) is 3.10. The first kappa shape index (κ1) is 12.9. The van der Waals surface area contributed by atoms with Crippen molar-refractivity contribution in [1.29, 1.82) is 0 Å². The number of aromatic nitrogens is 3. The largest absolute Gasteiger partial charge is 0.497 e. The molecule has 0 spiro atoms. The Hall–Kier alpha value is -2.07. The van der Waals surface area contributed by atoms with Crippen LogP contribution >= 0.6 is 11.6 Å². The molecule has 4 nitrogen and oxygen atoms in total. The molecular formula is C15H14ClN3O. The van der Waals surface area contributed by atoms with E-state index in [1.807, 2.05) is 44.2 Å². The quantitative estimate of drug-likeness (QED) is 0.675. The SMILES string of the molecule is COc1cccc(-c2cc3nc(C)c(C)c(Cl)n3n2)c1. The highest BCUT2D eigenvalue weighted by molar-refractivity contribution is 6.30. The molecule has 0 saturated carbocycles. The molecule has 0 atom stereocenters. The van der Waals surface area contributed by atoms with Crippen LogP contribution in [0.3, 0.4) is 0 Å². The molecule has 0 N–H and O–H groups in total. The fourth-order valence-electron chi connectivity index (χ4n) is 2.08. The summed E-state index contributed by atoms with van der Waals surface area (Å²) in [6.07, 6.45) is 0. The monoisotopic (exact) mass is 287 g/mol. The highest BCUT2D eigenvalue weighted by atomic mass is 35.5. The molecule has 0 aliphatic heterocycles. The van der Waals surface area contributed by atoms with E-state index in [1.54, 1.807) is 11.6 Å². The smallest absolute Gasteiger partial charge is 0.157 e. The van der Waals surface area contributed by atoms with Crippen molar-refractivity contribution in [3.8, 4) is 17.0 Å². The van der Waals surface area contributed by atoms with Gasteiger partial charge in [-0.2, -0.15) is 5.10 Å². The van der Waals surface area contributed by atoms with Gasteiger partial charge in [0.15, 0.2) is 5.65 Å². The second kappa shape index (κ2) is 4.80. The lowest BCUT2D eigenvalue weighted by Gasteiger charge is -2.03. The number of hydrogen-bond donors (Lipinski definition) is 0. The number of ether oxygens (including phenoxy) is 1. The Bertz CT molecular complexity index is 795. The van der Waals surface area contributed by atoms with E-state index >= 15 is 0 Å². The second-order valence-corrected chi connectivity index (χ2v) is 5.00. The van der Waals surface area contributed by atoms with E-state index in [0.717, 1.165) is 33.9 Å². The number of methoxy groups -OCH3 is 1. The van der Waals surface area contributed by atoms with Crippen molar-refractivity contribution in [2.75, 3.05) is 7.11 Å². The van der Waals surface area contributed by atoms with Crippen LogP contribution in [0.25, 0.3) is 16.9 Å². The number of aryl methyl sites for hydroxylation is 1. The van der Waals surface area contributed by atoms with Crippen molar-refractivity contribution in [3.63, 3.8) is 0 Å². The van der Waals surface area contributed by atoms with Gasteiger partial charge in [0, 0.05) is 22.9 Å². The summed E-state index contributed by atoms with van der Waals surface area (Å²) in [7, 11) is 1.65. The van der Waals surface area contributed by atoms with Crippen LogP contribution in [-0.2, 0) is 0 Å². The summed E-state index contributed by atoms with van der Waals surface area (Å²) >= 11 is 6.33. The molecule has 2 aromatic heterocycles. The third-order valence-electron chi connectivity index (χ3n) is 3.38. The van der Waals surface area contributed by atoms with E-state index in [2.05, 4.69) is 10.1 Å². The number of nitrogens with zero attached hydrogens (tertiary/aromatic N) is 3. The van der Waals surface area contributed by atoms with E-state index in [9.17, 15) is 0 Å². The lowest BCUT2D eigenvalue weighted by molar-refractivity contribution is 0.415. The zero-order valence-electron chi connectivity index (χ0n) is 11.5. The number of benzene rings is 1. The Morgan fingerprint density at radius 2 is 2.00 bits per heavy atom. The fraction of sp³-hybridized carbons (Fsp3) is 0.200. The highest BCUT2D eigenvalue weighted by Crippen LogP contribution is 2.26. The van der Waals surface area contributed by atoms with Gasteiger partial charge in [0.2, 0.25) is 0 Å². The Labute approximate surface area is 122 Å². The fourth-order valence-corrected chi connectivity index (χ4v) is 2.34. The molecular weight excluding hydrogens is 274 g/mol. The van der Waals surface area contributed by atoms with Crippen molar-refractivity contribution in [2.24, 2.45) is 0 Å². The normalized spacial score (nSPS) is 11.0. The van der Waals surface area contributed by atoms with Gasteiger partial charge in [-0.05, 0) is 26.0 Å². The predicted octanol–water partition coefficient (Wildman–Crippen LogP) is 3.68. The standard InChI is InChI=1S/C15H14ClN3O/c1-9-10(2)17-14-8-13(18-19(14)15(9)16)11-5-4-6-12(7-11)20-3/h4-8H,1-3H3. The Morgan fingerprint density at radius 1 is 1.20 bits per heavy atom. The van der Waals surface area contributed by atoms with Gasteiger partial charge in [0.25, 0.3) is 0 Å². The molecule has 0 amide bonds. The first-order valence-electron chi connectivity index (χ1n) is 6.27. The van der Waals surface area contributed by atoms with Gasteiger partial charge >= 0.3 is 0 Å². The maximum Gasteiger partial charge on any atom is 0.157 e. The number of halogens is 1. The molecule has 20 heavy (non-hydrogen) atoms. The van der Waals surface area contributed by atoms with Crippen molar-refractivity contribution in [2.45, 2.75) is 13.8 Å². The number of rotatable bonds is 2. The summed E-state index contributed by atoms with van der Waals surface area (Å²) in [4.78, 5) is 4.51. The first-order valence-corrected chi connectivity index (χ1v) is 6.65. The molecule has 1 aromatic carbocycles. The van der Waals surface area contributed by atoms with Crippen LogP contribution in [-0.4, -0.2) is 21.7 Å². The Morgan fingerprint density at radius 3 is 2.75 bits per heavy atom. The third kappa shape index (κ3) is 2.02. The first-order chi connectivity index (χ1) is 9.60. The van der Waals surface area contributed by atoms with Crippen molar-refractivity contribution in [1.82, 2.24) is 14.6 Å². The van der Waals surface area contributed by atoms with Gasteiger partial charge in [-0.3, -0.25) is 0 Å². The van der Waals surface area contributed by atoms with Crippen LogP contribution in [0.2, 0.25) is 5.15 Å². The van der Waals surface area contributed by atoms with E-state index in [-0.39, 0.29) is 0 Å². The van der Waals surface area contributed by atoms with Gasteiger partial charge in [0.05, 0.1) is 12.8 Å². The van der Waals surface area contributed by atoms with Crippen LogP contribution in [0.4, 0.5) is 0 Å². The lowest BCUT2D eigenvalue weighted by Crippen LogP contribution is -1.98. The zero-order valence-corrected chi connectivity index (χ0v) is 12.3. The highest BCUT2D eigenvalue weighted by Gasteiger charge is 2.12. The number of fused-ring (bicyclic) bond motifs is 1. The van der Waals surface area contributed by atoms with Crippen molar-refractivity contribution >= 4 is 17.2 Å². The summed E-state index contributed by atoms with van der Waals surface area (Å²) in [5.41, 5.74) is 4.40. The maximum atomic E-state index is 6.33. The molecule has 0 saturated heterocycles. The molecule has 0 fully saturated rings. The minimum Gasteiger partial charge on any atom is -0.497 e. The van der Waals surface area contributed by atoms with Gasteiger partial charge in [-0.15, -0.1) is 0 Å². The molecule has 102 valence electrons. The number of hydrogen-bond acceptors (Lipinski definition) is 3. The van der Waals surface area contributed by atoms with E-state index in [1.165, 1.54) is 0 Å². The summed E-state index contributed by atoms with van der Waals surface area (Å²) in [5, 5.41) is 5.13. The molecule has 3 rings (SSSR count). The van der Waals surface area contributed by atoms with Crippen LogP contribution in [0.15, 0.2) is 30.3 Å². The average molecular weight is 288 g/mol. The third-order valence-corrected chi connectivity index (χ3v) is 3.82. The topological polar surface area (TPSA) is 39.4 Å². The van der Waals surface area contributed by atoms with E-state index in [4.69, 9.17) is 16.3 Å². The molecule has 0 bridgehead atoms. The second-order valence-electron chi connectivity index (χ2n) is 4.64. The molecule has 0 aliphatic rings. The minimum absolute atomic E-state index is 0.599. The summed E-state index contributed by atoms with van der Waals surface area (Å²) in [6.45, 7) is 3.89. The van der Waals surface area contributed by atoms with Crippen LogP contribution in [0.1, 0.15) is 11.3 Å². The van der Waals surface area contributed by atoms with Crippen molar-refractivity contribution < 1.29 is 4.74 Å². The molecule has 0 radical (unpaired) electrons. The maximum absolute atomic E-state index is 6.33. The molecule has 0 aliphatic carbocycles. The van der Waals surface area contributed by atoms with E-state index in [0.29, 0.717) is 5.15 Å². The van der Waals surface area contributed by atoms with Gasteiger partial charge in [0.1, 0.15) is 10.9 Å². The predicted molar refractivity (Wildman–Crippen MR) is 79.5 cm³/mol. The molecule has 3 aromatic rings. The minimum atomic E-state index is 0.599. The van der Waals surface area contributed by atoms with Gasteiger partial charge < -0.3 is 4.74 Å². The molecule has 5 heteroatoms. The molecule has 2 heterocycles. The summed E-state index contributed by atoms with van der Waals surface area (Å²) < 4.78 is 6.90. The van der Waals surface area contributed by atoms with Crippen molar-refractivity contribution in [3.05, 3.63) is 46.7 Å². The summed E-state index contributed by atoms with van der Waals surface area (Å²) in [5.74, 6) is 0.797. The lowest BCUT2D eigenvalue weighted by atomic mass is 10.1. The summed E-state index contributed by atoms with van der Waals surface area (Å²) in [6, 6.07) is 9.68. The molecule has 0 unspecified atom stereocenters. The van der Waals surface area contributed by atoms with E-state index < -0.39 is 0 Å². The van der Waals surface area contributed by atoms with Crippen LogP contribution in [0, 0.1) is 13.8 Å². The van der Waals surface area contributed by atoms with Gasteiger partial charge in [-0.25, -0.2) is 9.50 Å². The Balaban J connectivity index is 2.20. The zero-order chi connectivity index (χ0) is 14.3. The average Bonchev–Trinajstić information content (AvgIpc) is 2.89. The van der Waals surface area contributed by atoms with Crippen LogP contribution < -0.4 is 4.74 Å².